The second-order valence-electron chi connectivity index (χ2n) is 3.55. The Hall–Kier alpha value is -1.29. The summed E-state index contributed by atoms with van der Waals surface area (Å²) < 4.78 is 0. The molecule has 1 amide bonds. The van der Waals surface area contributed by atoms with Gasteiger partial charge in [-0.15, -0.1) is 0 Å². The van der Waals surface area contributed by atoms with Crippen LogP contribution >= 0.6 is 11.6 Å². The van der Waals surface area contributed by atoms with Gasteiger partial charge in [-0.2, -0.15) is 0 Å². The lowest BCUT2D eigenvalue weighted by atomic mass is 10.2. The van der Waals surface area contributed by atoms with Crippen LogP contribution in [-0.2, 0) is 0 Å². The van der Waals surface area contributed by atoms with Gasteiger partial charge >= 0.3 is 0 Å². The van der Waals surface area contributed by atoms with Crippen LogP contribution in [0.4, 0.5) is 5.82 Å². The number of nitrogens with zero attached hydrogens (tertiary/aromatic N) is 1. The molecule has 0 saturated heterocycles. The molecule has 2 rings (SSSR count). The van der Waals surface area contributed by atoms with Gasteiger partial charge in [0.05, 0.1) is 10.6 Å². The van der Waals surface area contributed by atoms with Gasteiger partial charge in [-0.1, -0.05) is 11.6 Å². The van der Waals surface area contributed by atoms with E-state index < -0.39 is 0 Å². The molecule has 0 aliphatic heterocycles. The maximum Gasteiger partial charge on any atom is 0.253 e. The van der Waals surface area contributed by atoms with Gasteiger partial charge in [-0.25, -0.2) is 4.98 Å². The number of pyridine rings is 1. The second kappa shape index (κ2) is 4.06. The fourth-order valence-corrected chi connectivity index (χ4v) is 1.43. The van der Waals surface area contributed by atoms with Crippen LogP contribution in [0.25, 0.3) is 0 Å². The number of halogens is 1. The highest BCUT2D eigenvalue weighted by Crippen LogP contribution is 2.22. The number of carbonyl (C=O) groups is 1. The van der Waals surface area contributed by atoms with Crippen molar-refractivity contribution in [2.45, 2.75) is 18.9 Å². The third-order valence-corrected chi connectivity index (χ3v) is 2.57. The highest BCUT2D eigenvalue weighted by Gasteiger charge is 2.24. The molecule has 0 spiro atoms. The lowest BCUT2D eigenvalue weighted by molar-refractivity contribution is 0.0951. The van der Waals surface area contributed by atoms with Crippen molar-refractivity contribution >= 4 is 23.3 Å². The number of hydrogen-bond donors (Lipinski definition) is 2. The lowest BCUT2D eigenvalue weighted by Gasteiger charge is -2.06. The van der Waals surface area contributed by atoms with E-state index in [1.807, 2.05) is 0 Å². The quantitative estimate of drug-likeness (QED) is 0.823. The molecule has 0 bridgehead atoms. The van der Waals surface area contributed by atoms with E-state index in [4.69, 9.17) is 11.6 Å². The highest BCUT2D eigenvalue weighted by atomic mass is 35.5. The average Bonchev–Trinajstić information content (AvgIpc) is 3.02. The molecular weight excluding hydrogens is 214 g/mol. The zero-order valence-electron chi connectivity index (χ0n) is 8.38. The molecule has 80 valence electrons. The van der Waals surface area contributed by atoms with Crippen LogP contribution in [0.3, 0.4) is 0 Å². The zero-order valence-corrected chi connectivity index (χ0v) is 9.14. The van der Waals surface area contributed by atoms with Gasteiger partial charge in [0.15, 0.2) is 0 Å². The molecule has 0 atom stereocenters. The fraction of sp³-hybridized carbons (Fsp3) is 0.400. The van der Waals surface area contributed by atoms with E-state index >= 15 is 0 Å². The molecule has 15 heavy (non-hydrogen) atoms. The first kappa shape index (κ1) is 10.2. The maximum absolute atomic E-state index is 11.7. The summed E-state index contributed by atoms with van der Waals surface area (Å²) >= 11 is 5.90. The van der Waals surface area contributed by atoms with E-state index in [1.54, 1.807) is 13.1 Å². The molecule has 1 aliphatic rings. The Morgan fingerprint density at radius 3 is 2.93 bits per heavy atom. The molecular formula is C10H12ClN3O. The van der Waals surface area contributed by atoms with Gasteiger partial charge in [0.2, 0.25) is 0 Å². The SMILES string of the molecule is CNc1cc(C(=O)NC2CC2)c(Cl)cn1. The van der Waals surface area contributed by atoms with Gasteiger partial charge in [-0.05, 0) is 18.9 Å². The predicted molar refractivity (Wildman–Crippen MR) is 59.3 cm³/mol. The first-order valence-electron chi connectivity index (χ1n) is 4.85. The summed E-state index contributed by atoms with van der Waals surface area (Å²) in [5, 5.41) is 6.13. The van der Waals surface area contributed by atoms with E-state index in [-0.39, 0.29) is 5.91 Å². The summed E-state index contributed by atoms with van der Waals surface area (Å²) in [6, 6.07) is 1.99. The minimum Gasteiger partial charge on any atom is -0.373 e. The molecule has 1 aromatic rings. The molecule has 0 aromatic carbocycles. The monoisotopic (exact) mass is 225 g/mol. The summed E-state index contributed by atoms with van der Waals surface area (Å²) in [6.45, 7) is 0. The Morgan fingerprint density at radius 2 is 2.33 bits per heavy atom. The van der Waals surface area contributed by atoms with Crippen molar-refractivity contribution in [3.8, 4) is 0 Å². The van der Waals surface area contributed by atoms with Crippen LogP contribution in [-0.4, -0.2) is 24.0 Å². The van der Waals surface area contributed by atoms with E-state index in [0.717, 1.165) is 12.8 Å². The zero-order chi connectivity index (χ0) is 10.8. The Kier molecular flexibility index (Phi) is 2.77. The molecule has 1 fully saturated rings. The fourth-order valence-electron chi connectivity index (χ4n) is 1.24. The van der Waals surface area contributed by atoms with Crippen LogP contribution in [0.2, 0.25) is 5.02 Å². The summed E-state index contributed by atoms with van der Waals surface area (Å²) in [7, 11) is 1.75. The third-order valence-electron chi connectivity index (χ3n) is 2.27. The molecule has 1 saturated carbocycles. The first-order chi connectivity index (χ1) is 7.20. The van der Waals surface area contributed by atoms with Crippen molar-refractivity contribution < 1.29 is 4.79 Å². The van der Waals surface area contributed by atoms with Gasteiger partial charge < -0.3 is 10.6 Å². The summed E-state index contributed by atoms with van der Waals surface area (Å²) in [6.07, 6.45) is 3.61. The molecule has 0 unspecified atom stereocenters. The number of anilines is 1. The van der Waals surface area contributed by atoms with Crippen LogP contribution in [0.15, 0.2) is 12.3 Å². The average molecular weight is 226 g/mol. The topological polar surface area (TPSA) is 54.0 Å². The minimum atomic E-state index is -0.124. The highest BCUT2D eigenvalue weighted by molar-refractivity contribution is 6.33. The largest absolute Gasteiger partial charge is 0.373 e. The third kappa shape index (κ3) is 2.39. The molecule has 1 aromatic heterocycles. The Morgan fingerprint density at radius 1 is 1.60 bits per heavy atom. The van der Waals surface area contributed by atoms with Crippen LogP contribution in [0, 0.1) is 0 Å². The molecule has 5 heteroatoms. The number of nitrogens with one attached hydrogen (secondary N) is 2. The molecule has 2 N–H and O–H groups in total. The molecule has 4 nitrogen and oxygen atoms in total. The Balaban J connectivity index is 2.20. The van der Waals surface area contributed by atoms with Crippen molar-refractivity contribution in [2.24, 2.45) is 0 Å². The normalized spacial score (nSPS) is 14.8. The van der Waals surface area contributed by atoms with E-state index in [0.29, 0.717) is 22.4 Å². The van der Waals surface area contributed by atoms with Crippen LogP contribution < -0.4 is 10.6 Å². The number of rotatable bonds is 3. The Labute approximate surface area is 93.0 Å². The summed E-state index contributed by atoms with van der Waals surface area (Å²) in [4.78, 5) is 15.7. The molecule has 1 heterocycles. The van der Waals surface area contributed by atoms with Gasteiger partial charge in [0.1, 0.15) is 5.82 Å². The van der Waals surface area contributed by atoms with Crippen LogP contribution in [0.5, 0.6) is 0 Å². The number of hydrogen-bond acceptors (Lipinski definition) is 3. The van der Waals surface area contributed by atoms with Gasteiger partial charge in [0, 0.05) is 19.3 Å². The van der Waals surface area contributed by atoms with Gasteiger partial charge in [0.25, 0.3) is 5.91 Å². The van der Waals surface area contributed by atoms with Crippen molar-refractivity contribution in [2.75, 3.05) is 12.4 Å². The van der Waals surface area contributed by atoms with Crippen molar-refractivity contribution in [3.63, 3.8) is 0 Å². The lowest BCUT2D eigenvalue weighted by Crippen LogP contribution is -2.25. The van der Waals surface area contributed by atoms with E-state index in [1.165, 1.54) is 6.20 Å². The minimum absolute atomic E-state index is 0.124. The number of amides is 1. The summed E-state index contributed by atoms with van der Waals surface area (Å²) in [5.74, 6) is 0.516. The summed E-state index contributed by atoms with van der Waals surface area (Å²) in [5.41, 5.74) is 0.475. The first-order valence-corrected chi connectivity index (χ1v) is 5.22. The Bertz CT molecular complexity index is 390. The smallest absolute Gasteiger partial charge is 0.253 e. The van der Waals surface area contributed by atoms with Crippen molar-refractivity contribution in [1.29, 1.82) is 0 Å². The number of aromatic nitrogens is 1. The predicted octanol–water partition coefficient (Wildman–Crippen LogP) is 1.67. The van der Waals surface area contributed by atoms with E-state index in [2.05, 4.69) is 15.6 Å². The molecule has 1 aliphatic carbocycles. The standard InChI is InChI=1S/C10H12ClN3O/c1-12-9-4-7(8(11)5-13-9)10(15)14-6-2-3-6/h4-6H,2-3H2,1H3,(H,12,13)(H,14,15). The van der Waals surface area contributed by atoms with Gasteiger partial charge in [-0.3, -0.25) is 4.79 Å². The molecule has 0 radical (unpaired) electrons. The van der Waals surface area contributed by atoms with Crippen LogP contribution in [0.1, 0.15) is 23.2 Å². The number of carbonyl (C=O) groups excluding carboxylic acids is 1. The van der Waals surface area contributed by atoms with Crippen molar-refractivity contribution in [1.82, 2.24) is 10.3 Å². The van der Waals surface area contributed by atoms with Crippen molar-refractivity contribution in [3.05, 3.63) is 22.8 Å². The second-order valence-corrected chi connectivity index (χ2v) is 3.95. The maximum atomic E-state index is 11.7. The van der Waals surface area contributed by atoms with E-state index in [9.17, 15) is 4.79 Å².